The highest BCUT2D eigenvalue weighted by Gasteiger charge is 2.23. The van der Waals surface area contributed by atoms with Crippen molar-refractivity contribution in [1.29, 1.82) is 0 Å². The fourth-order valence-electron chi connectivity index (χ4n) is 2.02. The van der Waals surface area contributed by atoms with Crippen LogP contribution in [0.5, 0.6) is 0 Å². The van der Waals surface area contributed by atoms with E-state index in [1.807, 2.05) is 60.7 Å². The molecule has 3 nitrogen and oxygen atoms in total. The first kappa shape index (κ1) is 13.3. The van der Waals surface area contributed by atoms with Crippen LogP contribution in [0.25, 0.3) is 0 Å². The van der Waals surface area contributed by atoms with E-state index in [0.29, 0.717) is 0 Å². The average molecular weight is 255 g/mol. The first-order chi connectivity index (χ1) is 9.18. The highest BCUT2D eigenvalue weighted by Crippen LogP contribution is 2.30. The van der Waals surface area contributed by atoms with E-state index >= 15 is 0 Å². The molecule has 3 heteroatoms. The second-order valence-electron chi connectivity index (χ2n) is 4.38. The van der Waals surface area contributed by atoms with Gasteiger partial charge in [-0.2, -0.15) is 0 Å². The molecule has 0 aliphatic carbocycles. The molecule has 2 N–H and O–H groups in total. The number of hydrogen-bond donors (Lipinski definition) is 1. The number of rotatable bonds is 4. The molecule has 0 saturated heterocycles. The fourth-order valence-corrected chi connectivity index (χ4v) is 2.02. The molecule has 0 radical (unpaired) electrons. The Labute approximate surface area is 113 Å². The maximum absolute atomic E-state index is 11.3. The quantitative estimate of drug-likeness (QED) is 0.854. The summed E-state index contributed by atoms with van der Waals surface area (Å²) in [5, 5.41) is 0. The number of benzene rings is 2. The third-order valence-corrected chi connectivity index (χ3v) is 2.93. The van der Waals surface area contributed by atoms with Crippen LogP contribution < -0.4 is 5.73 Å². The van der Waals surface area contributed by atoms with Gasteiger partial charge in [-0.25, -0.2) is 0 Å². The van der Waals surface area contributed by atoms with Gasteiger partial charge in [0.2, 0.25) is 0 Å². The van der Waals surface area contributed by atoms with Crippen molar-refractivity contribution in [1.82, 2.24) is 0 Å². The Morgan fingerprint density at radius 1 is 0.947 bits per heavy atom. The van der Waals surface area contributed by atoms with Crippen LogP contribution >= 0.6 is 0 Å². The smallest absolute Gasteiger partial charge is 0.303 e. The van der Waals surface area contributed by atoms with Gasteiger partial charge in [0.05, 0.1) is 6.04 Å². The van der Waals surface area contributed by atoms with Gasteiger partial charge in [-0.15, -0.1) is 0 Å². The number of carbonyl (C=O) groups excluding carboxylic acids is 1. The summed E-state index contributed by atoms with van der Waals surface area (Å²) in [5.74, 6) is -0.333. The van der Waals surface area contributed by atoms with Gasteiger partial charge in [0.1, 0.15) is 6.10 Å². The Balaban J connectivity index is 2.30. The van der Waals surface area contributed by atoms with Crippen LogP contribution in [0.2, 0.25) is 0 Å². The molecule has 2 aromatic rings. The summed E-state index contributed by atoms with van der Waals surface area (Å²) >= 11 is 0. The van der Waals surface area contributed by atoms with Crippen LogP contribution in [0.4, 0.5) is 0 Å². The van der Waals surface area contributed by atoms with Gasteiger partial charge in [0.15, 0.2) is 0 Å². The van der Waals surface area contributed by atoms with Crippen LogP contribution in [0.1, 0.15) is 30.2 Å². The molecular formula is C16H17NO2. The van der Waals surface area contributed by atoms with Gasteiger partial charge in [-0.3, -0.25) is 4.79 Å². The van der Waals surface area contributed by atoms with Crippen LogP contribution in [-0.4, -0.2) is 5.97 Å². The van der Waals surface area contributed by atoms with Crippen molar-refractivity contribution in [2.75, 3.05) is 0 Å². The molecule has 19 heavy (non-hydrogen) atoms. The van der Waals surface area contributed by atoms with E-state index in [4.69, 9.17) is 10.5 Å². The Kier molecular flexibility index (Phi) is 4.31. The zero-order chi connectivity index (χ0) is 13.7. The van der Waals surface area contributed by atoms with Crippen molar-refractivity contribution in [3.05, 3.63) is 71.8 Å². The zero-order valence-electron chi connectivity index (χ0n) is 10.8. The van der Waals surface area contributed by atoms with Gasteiger partial charge < -0.3 is 10.5 Å². The van der Waals surface area contributed by atoms with Crippen molar-refractivity contribution in [2.24, 2.45) is 5.73 Å². The Morgan fingerprint density at radius 2 is 1.42 bits per heavy atom. The summed E-state index contributed by atoms with van der Waals surface area (Å²) < 4.78 is 5.39. The molecule has 0 heterocycles. The lowest BCUT2D eigenvalue weighted by Crippen LogP contribution is -2.23. The van der Waals surface area contributed by atoms with Crippen LogP contribution in [0.3, 0.4) is 0 Å². The van der Waals surface area contributed by atoms with Crippen molar-refractivity contribution in [3.8, 4) is 0 Å². The maximum atomic E-state index is 11.3. The number of esters is 1. The van der Waals surface area contributed by atoms with E-state index in [-0.39, 0.29) is 12.0 Å². The van der Waals surface area contributed by atoms with E-state index in [0.717, 1.165) is 11.1 Å². The van der Waals surface area contributed by atoms with Crippen molar-refractivity contribution in [2.45, 2.75) is 19.1 Å². The molecule has 0 unspecified atom stereocenters. The minimum absolute atomic E-state index is 0.333. The predicted octanol–water partition coefficient (Wildman–Crippen LogP) is 2.99. The van der Waals surface area contributed by atoms with Gasteiger partial charge in [0, 0.05) is 6.92 Å². The fraction of sp³-hybridized carbons (Fsp3) is 0.188. The van der Waals surface area contributed by atoms with Gasteiger partial charge >= 0.3 is 5.97 Å². The van der Waals surface area contributed by atoms with Crippen molar-refractivity contribution >= 4 is 5.97 Å². The predicted molar refractivity (Wildman–Crippen MR) is 74.3 cm³/mol. The Bertz CT molecular complexity index is 525. The molecule has 2 aromatic carbocycles. The molecule has 2 rings (SSSR count). The number of nitrogens with two attached hydrogens (primary N) is 1. The molecule has 98 valence electrons. The lowest BCUT2D eigenvalue weighted by molar-refractivity contribution is -0.148. The summed E-state index contributed by atoms with van der Waals surface area (Å²) in [6.45, 7) is 1.40. The highest BCUT2D eigenvalue weighted by molar-refractivity contribution is 5.66. The van der Waals surface area contributed by atoms with E-state index in [9.17, 15) is 4.79 Å². The van der Waals surface area contributed by atoms with Gasteiger partial charge in [-0.05, 0) is 11.1 Å². The SMILES string of the molecule is CC(=O)O[C@@H](c1ccccc1)[C@@H](N)c1ccccc1. The molecular weight excluding hydrogens is 238 g/mol. The summed E-state index contributed by atoms with van der Waals surface area (Å²) in [4.78, 5) is 11.3. The summed E-state index contributed by atoms with van der Waals surface area (Å²) in [5.41, 5.74) is 8.08. The summed E-state index contributed by atoms with van der Waals surface area (Å²) in [6.07, 6.45) is -0.471. The zero-order valence-corrected chi connectivity index (χ0v) is 10.8. The minimum Gasteiger partial charge on any atom is -0.456 e. The number of carbonyl (C=O) groups is 1. The summed E-state index contributed by atoms with van der Waals surface area (Å²) in [7, 11) is 0. The maximum Gasteiger partial charge on any atom is 0.303 e. The summed E-state index contributed by atoms with van der Waals surface area (Å²) in [6, 6.07) is 18.8. The molecule has 0 saturated carbocycles. The second-order valence-corrected chi connectivity index (χ2v) is 4.38. The lowest BCUT2D eigenvalue weighted by atomic mass is 9.96. The second kappa shape index (κ2) is 6.16. The van der Waals surface area contributed by atoms with E-state index in [2.05, 4.69) is 0 Å². The highest BCUT2D eigenvalue weighted by atomic mass is 16.5. The molecule has 2 atom stereocenters. The molecule has 0 aromatic heterocycles. The Hall–Kier alpha value is -2.13. The number of ether oxygens (including phenoxy) is 1. The molecule has 0 aliphatic heterocycles. The topological polar surface area (TPSA) is 52.3 Å². The first-order valence-corrected chi connectivity index (χ1v) is 6.21. The van der Waals surface area contributed by atoms with Crippen LogP contribution in [0.15, 0.2) is 60.7 Å². The molecule has 0 spiro atoms. The average Bonchev–Trinajstić information content (AvgIpc) is 2.46. The van der Waals surface area contributed by atoms with Crippen molar-refractivity contribution in [3.63, 3.8) is 0 Å². The normalized spacial score (nSPS) is 13.6. The Morgan fingerprint density at radius 3 is 1.89 bits per heavy atom. The third kappa shape index (κ3) is 3.42. The van der Waals surface area contributed by atoms with E-state index in [1.165, 1.54) is 6.92 Å². The molecule has 0 fully saturated rings. The third-order valence-electron chi connectivity index (χ3n) is 2.93. The standard InChI is InChI=1S/C16H17NO2/c1-12(18)19-16(14-10-6-3-7-11-14)15(17)13-8-4-2-5-9-13/h2-11,15-16H,17H2,1H3/t15-,16-/m0/s1. The van der Waals surface area contributed by atoms with Gasteiger partial charge in [-0.1, -0.05) is 60.7 Å². The molecule has 0 amide bonds. The van der Waals surface area contributed by atoms with E-state index in [1.54, 1.807) is 0 Å². The largest absolute Gasteiger partial charge is 0.456 e. The van der Waals surface area contributed by atoms with Crippen LogP contribution in [0, 0.1) is 0 Å². The van der Waals surface area contributed by atoms with Crippen molar-refractivity contribution < 1.29 is 9.53 Å². The molecule has 0 aliphatic rings. The van der Waals surface area contributed by atoms with E-state index < -0.39 is 6.10 Å². The monoisotopic (exact) mass is 255 g/mol. The van der Waals surface area contributed by atoms with Gasteiger partial charge in [0.25, 0.3) is 0 Å². The number of hydrogen-bond acceptors (Lipinski definition) is 3. The molecule has 0 bridgehead atoms. The lowest BCUT2D eigenvalue weighted by Gasteiger charge is -2.24. The van der Waals surface area contributed by atoms with Crippen LogP contribution in [-0.2, 0) is 9.53 Å². The first-order valence-electron chi connectivity index (χ1n) is 6.21. The minimum atomic E-state index is -0.471.